The molecule has 0 saturated carbocycles. The number of rotatable bonds is 8. The van der Waals surface area contributed by atoms with Gasteiger partial charge in [0.2, 0.25) is 5.91 Å². The van der Waals surface area contributed by atoms with E-state index in [-0.39, 0.29) is 11.8 Å². The summed E-state index contributed by atoms with van der Waals surface area (Å²) in [5.74, 6) is -0.129. The van der Waals surface area contributed by atoms with Crippen LogP contribution in [0.4, 0.5) is 5.69 Å². The molecule has 0 bridgehead atoms. The number of nitrogens with one attached hydrogen (secondary N) is 1. The molecule has 1 heterocycles. The Morgan fingerprint density at radius 3 is 2.55 bits per heavy atom. The first-order valence-electron chi connectivity index (χ1n) is 11.0. The number of nitrogens with zero attached hydrogens (tertiary/aromatic N) is 3. The highest BCUT2D eigenvalue weighted by Crippen LogP contribution is 2.26. The summed E-state index contributed by atoms with van der Waals surface area (Å²) in [5, 5.41) is 2.96. The van der Waals surface area contributed by atoms with Crippen LogP contribution in [0.3, 0.4) is 0 Å². The van der Waals surface area contributed by atoms with Crippen LogP contribution in [0.5, 0.6) is 0 Å². The largest absolute Gasteiger partial charge is 0.345 e. The fourth-order valence-corrected chi connectivity index (χ4v) is 4.23. The molecule has 166 valence electrons. The fourth-order valence-electron chi connectivity index (χ4n) is 4.23. The minimum absolute atomic E-state index is 0.0501. The van der Waals surface area contributed by atoms with Crippen molar-refractivity contribution in [3.05, 3.63) is 65.7 Å². The number of hydrogen-bond donors (Lipinski definition) is 1. The summed E-state index contributed by atoms with van der Waals surface area (Å²) in [6.45, 7) is 7.53. The number of anilines is 1. The lowest BCUT2D eigenvalue weighted by atomic mass is 10.1. The Bertz CT molecular complexity index is 884. The van der Waals surface area contributed by atoms with Crippen LogP contribution in [-0.2, 0) is 4.79 Å². The second-order valence-electron chi connectivity index (χ2n) is 8.42. The summed E-state index contributed by atoms with van der Waals surface area (Å²) in [7, 11) is 3.44. The maximum atomic E-state index is 12.7. The molecular formula is C25H34N4O2. The van der Waals surface area contributed by atoms with Crippen molar-refractivity contribution in [2.45, 2.75) is 32.4 Å². The summed E-state index contributed by atoms with van der Waals surface area (Å²) in [5.41, 5.74) is 2.55. The van der Waals surface area contributed by atoms with E-state index >= 15 is 0 Å². The molecule has 2 aromatic rings. The average Bonchev–Trinajstić information content (AvgIpc) is 3.27. The van der Waals surface area contributed by atoms with Crippen molar-refractivity contribution in [1.29, 1.82) is 0 Å². The summed E-state index contributed by atoms with van der Waals surface area (Å²) in [6.07, 6.45) is 1.06. The van der Waals surface area contributed by atoms with E-state index in [2.05, 4.69) is 53.2 Å². The highest BCUT2D eigenvalue weighted by atomic mass is 16.2. The van der Waals surface area contributed by atoms with Crippen LogP contribution >= 0.6 is 0 Å². The number of carbonyl (C=O) groups is 2. The Labute approximate surface area is 185 Å². The van der Waals surface area contributed by atoms with E-state index in [9.17, 15) is 9.59 Å². The third-order valence-electron chi connectivity index (χ3n) is 6.09. The van der Waals surface area contributed by atoms with Gasteiger partial charge in [0.05, 0.1) is 6.54 Å². The van der Waals surface area contributed by atoms with Gasteiger partial charge in [-0.25, -0.2) is 0 Å². The average molecular weight is 423 g/mol. The fraction of sp³-hybridized carbons (Fsp3) is 0.440. The molecule has 2 amide bonds. The highest BCUT2D eigenvalue weighted by molar-refractivity contribution is 5.97. The topological polar surface area (TPSA) is 55.9 Å². The highest BCUT2D eigenvalue weighted by Gasteiger charge is 2.30. The first-order chi connectivity index (χ1) is 14.9. The van der Waals surface area contributed by atoms with Crippen LogP contribution in [0.15, 0.2) is 54.6 Å². The quantitative estimate of drug-likeness (QED) is 0.708. The molecule has 0 aliphatic carbocycles. The van der Waals surface area contributed by atoms with Gasteiger partial charge in [-0.2, -0.15) is 0 Å². The number of benzene rings is 2. The molecule has 3 rings (SSSR count). The molecule has 6 nitrogen and oxygen atoms in total. The van der Waals surface area contributed by atoms with E-state index in [1.54, 1.807) is 32.3 Å². The van der Waals surface area contributed by atoms with Crippen molar-refractivity contribution >= 4 is 17.5 Å². The standard InChI is InChI=1S/C25H34N4O2/c1-5-28(23-14-15-29(17-23)19(2)20-10-7-6-8-11-20)18-24(30)26-22-13-9-12-21(16-22)25(31)27(3)4/h6-13,16,19,23H,5,14-15,17-18H2,1-4H3,(H,26,30). The van der Waals surface area contributed by atoms with E-state index in [1.165, 1.54) is 10.5 Å². The smallest absolute Gasteiger partial charge is 0.253 e. The van der Waals surface area contributed by atoms with Gasteiger partial charge < -0.3 is 10.2 Å². The van der Waals surface area contributed by atoms with E-state index < -0.39 is 0 Å². The van der Waals surface area contributed by atoms with E-state index in [4.69, 9.17) is 0 Å². The summed E-state index contributed by atoms with van der Waals surface area (Å²) < 4.78 is 0. The van der Waals surface area contributed by atoms with Gasteiger partial charge in [-0.1, -0.05) is 43.3 Å². The molecule has 1 aliphatic heterocycles. The monoisotopic (exact) mass is 422 g/mol. The molecule has 0 radical (unpaired) electrons. The Kier molecular flexibility index (Phi) is 7.82. The molecule has 1 aliphatic rings. The predicted molar refractivity (Wildman–Crippen MR) is 125 cm³/mol. The van der Waals surface area contributed by atoms with Crippen molar-refractivity contribution in [2.24, 2.45) is 0 Å². The molecular weight excluding hydrogens is 388 g/mol. The summed E-state index contributed by atoms with van der Waals surface area (Å²) >= 11 is 0. The van der Waals surface area contributed by atoms with Crippen molar-refractivity contribution in [3.63, 3.8) is 0 Å². The Morgan fingerprint density at radius 2 is 1.87 bits per heavy atom. The molecule has 2 aromatic carbocycles. The van der Waals surface area contributed by atoms with Crippen molar-refractivity contribution < 1.29 is 9.59 Å². The normalized spacial score (nSPS) is 17.5. The maximum Gasteiger partial charge on any atom is 0.253 e. The molecule has 1 saturated heterocycles. The lowest BCUT2D eigenvalue weighted by molar-refractivity contribution is -0.117. The number of likely N-dealkylation sites (N-methyl/N-ethyl adjacent to an activating group) is 1. The predicted octanol–water partition coefficient (Wildman–Crippen LogP) is 3.48. The molecule has 31 heavy (non-hydrogen) atoms. The number of hydrogen-bond acceptors (Lipinski definition) is 4. The van der Waals surface area contributed by atoms with Crippen LogP contribution in [0, 0.1) is 0 Å². The second kappa shape index (κ2) is 10.6. The zero-order valence-corrected chi connectivity index (χ0v) is 19.0. The van der Waals surface area contributed by atoms with E-state index in [1.807, 2.05) is 12.1 Å². The third kappa shape index (κ3) is 5.93. The first kappa shape index (κ1) is 23.0. The van der Waals surface area contributed by atoms with Gasteiger partial charge in [0, 0.05) is 50.5 Å². The molecule has 2 atom stereocenters. The first-order valence-corrected chi connectivity index (χ1v) is 11.0. The van der Waals surface area contributed by atoms with Gasteiger partial charge in [-0.3, -0.25) is 19.4 Å². The van der Waals surface area contributed by atoms with Gasteiger partial charge in [0.15, 0.2) is 0 Å². The second-order valence-corrected chi connectivity index (χ2v) is 8.42. The van der Waals surface area contributed by atoms with Crippen LogP contribution in [0.2, 0.25) is 0 Å². The third-order valence-corrected chi connectivity index (χ3v) is 6.09. The van der Waals surface area contributed by atoms with Crippen LogP contribution in [0.25, 0.3) is 0 Å². The number of amides is 2. The van der Waals surface area contributed by atoms with Crippen molar-refractivity contribution in [3.8, 4) is 0 Å². The molecule has 1 fully saturated rings. The summed E-state index contributed by atoms with van der Waals surface area (Å²) in [6, 6.07) is 18.4. The lowest BCUT2D eigenvalue weighted by Crippen LogP contribution is -2.42. The number of likely N-dealkylation sites (tertiary alicyclic amines) is 1. The van der Waals surface area contributed by atoms with E-state index in [0.29, 0.717) is 29.9 Å². The minimum atomic E-state index is -0.0788. The van der Waals surface area contributed by atoms with Crippen LogP contribution in [0.1, 0.15) is 42.2 Å². The summed E-state index contributed by atoms with van der Waals surface area (Å²) in [4.78, 5) is 31.2. The maximum absolute atomic E-state index is 12.7. The molecule has 1 N–H and O–H groups in total. The zero-order valence-electron chi connectivity index (χ0n) is 19.0. The Hall–Kier alpha value is -2.70. The molecule has 2 unspecified atom stereocenters. The van der Waals surface area contributed by atoms with Crippen LogP contribution in [-0.4, -0.2) is 72.8 Å². The van der Waals surface area contributed by atoms with Crippen molar-refractivity contribution in [2.75, 3.05) is 45.6 Å². The molecule has 0 spiro atoms. The van der Waals surface area contributed by atoms with Crippen LogP contribution < -0.4 is 5.32 Å². The zero-order chi connectivity index (χ0) is 22.4. The van der Waals surface area contributed by atoms with Gasteiger partial charge in [0.1, 0.15) is 0 Å². The number of carbonyl (C=O) groups excluding carboxylic acids is 2. The molecule has 6 heteroatoms. The lowest BCUT2D eigenvalue weighted by Gasteiger charge is -2.29. The Morgan fingerprint density at radius 1 is 1.13 bits per heavy atom. The van der Waals surface area contributed by atoms with Gasteiger partial charge in [-0.05, 0) is 43.7 Å². The van der Waals surface area contributed by atoms with Gasteiger partial charge in [0.25, 0.3) is 5.91 Å². The van der Waals surface area contributed by atoms with E-state index in [0.717, 1.165) is 26.1 Å². The van der Waals surface area contributed by atoms with Gasteiger partial charge in [-0.15, -0.1) is 0 Å². The molecule has 0 aromatic heterocycles. The minimum Gasteiger partial charge on any atom is -0.345 e. The van der Waals surface area contributed by atoms with Gasteiger partial charge >= 0.3 is 0 Å². The SMILES string of the molecule is CCN(CC(=O)Nc1cccc(C(=O)N(C)C)c1)C1CCN(C(C)c2ccccc2)C1. The Balaban J connectivity index is 1.57. The van der Waals surface area contributed by atoms with Crippen molar-refractivity contribution in [1.82, 2.24) is 14.7 Å².